The molecule has 2 aliphatic heterocycles. The number of aryl methyl sites for hydroxylation is 1. The third-order valence-electron chi connectivity index (χ3n) is 4.12. The molecule has 0 radical (unpaired) electrons. The van der Waals surface area contributed by atoms with Gasteiger partial charge in [0.2, 0.25) is 0 Å². The summed E-state index contributed by atoms with van der Waals surface area (Å²) in [7, 11) is 1.82. The Kier molecular flexibility index (Phi) is 3.56. The van der Waals surface area contributed by atoms with Crippen molar-refractivity contribution in [2.45, 2.75) is 50.7 Å². The molecule has 6 nitrogen and oxygen atoms in total. The van der Waals surface area contributed by atoms with Crippen molar-refractivity contribution in [1.29, 1.82) is 0 Å². The molecule has 1 N–H and O–H groups in total. The highest BCUT2D eigenvalue weighted by molar-refractivity contribution is 4.92. The molecule has 1 aromatic rings. The molecule has 6 heteroatoms. The predicted octanol–water partition coefficient (Wildman–Crippen LogP) is 0.317. The maximum absolute atomic E-state index is 4.30. The van der Waals surface area contributed by atoms with Crippen LogP contribution in [0.1, 0.15) is 37.9 Å². The lowest BCUT2D eigenvalue weighted by Crippen LogP contribution is -2.49. The van der Waals surface area contributed by atoms with Gasteiger partial charge < -0.3 is 5.32 Å². The minimum Gasteiger partial charge on any atom is -0.312 e. The molecular weight excluding hydrogens is 228 g/mol. The maximum atomic E-state index is 4.30. The number of nitrogens with one attached hydrogen (secondary N) is 1. The van der Waals surface area contributed by atoms with Crippen LogP contribution in [0.4, 0.5) is 0 Å². The minimum absolute atomic E-state index is 0.657. The van der Waals surface area contributed by atoms with Crippen LogP contribution in [-0.2, 0) is 13.6 Å². The molecular formula is C12H22N6. The van der Waals surface area contributed by atoms with Crippen LogP contribution >= 0.6 is 0 Å². The smallest absolute Gasteiger partial charge is 0.188 e. The van der Waals surface area contributed by atoms with E-state index >= 15 is 0 Å². The van der Waals surface area contributed by atoms with Gasteiger partial charge in [-0.15, -0.1) is 10.2 Å². The first-order valence-electron chi connectivity index (χ1n) is 7.03. The summed E-state index contributed by atoms with van der Waals surface area (Å²) in [6.45, 7) is 3.19. The molecule has 2 unspecified atom stereocenters. The molecule has 2 atom stereocenters. The number of nitrogens with zero attached hydrogens (tertiary/aromatic N) is 5. The molecule has 0 bridgehead atoms. The predicted molar refractivity (Wildman–Crippen MR) is 67.9 cm³/mol. The van der Waals surface area contributed by atoms with Crippen molar-refractivity contribution in [1.82, 2.24) is 30.4 Å². The molecule has 0 amide bonds. The van der Waals surface area contributed by atoms with Gasteiger partial charge in [-0.05, 0) is 44.0 Å². The molecule has 0 aromatic carbocycles. The molecule has 100 valence electrons. The van der Waals surface area contributed by atoms with Crippen molar-refractivity contribution in [2.24, 2.45) is 7.05 Å². The Balaban J connectivity index is 1.67. The van der Waals surface area contributed by atoms with Crippen molar-refractivity contribution < 1.29 is 0 Å². The summed E-state index contributed by atoms with van der Waals surface area (Å²) in [5.74, 6) is 0.849. The largest absolute Gasteiger partial charge is 0.312 e. The number of aromatic nitrogens is 4. The third-order valence-corrected chi connectivity index (χ3v) is 4.12. The molecule has 18 heavy (non-hydrogen) atoms. The van der Waals surface area contributed by atoms with E-state index < -0.39 is 0 Å². The lowest BCUT2D eigenvalue weighted by molar-refractivity contribution is 0.109. The summed E-state index contributed by atoms with van der Waals surface area (Å²) < 4.78 is 0. The van der Waals surface area contributed by atoms with Crippen LogP contribution in [0, 0.1) is 0 Å². The van der Waals surface area contributed by atoms with E-state index in [1.54, 1.807) is 4.80 Å². The van der Waals surface area contributed by atoms with Crippen LogP contribution in [-0.4, -0.2) is 50.3 Å². The van der Waals surface area contributed by atoms with Crippen molar-refractivity contribution in [3.8, 4) is 0 Å². The minimum atomic E-state index is 0.657. The van der Waals surface area contributed by atoms with E-state index in [1.807, 2.05) is 7.05 Å². The Labute approximate surface area is 108 Å². The molecule has 0 spiro atoms. The topological polar surface area (TPSA) is 58.9 Å². The Morgan fingerprint density at radius 2 is 2.22 bits per heavy atom. The highest BCUT2D eigenvalue weighted by Crippen LogP contribution is 2.25. The summed E-state index contributed by atoms with van der Waals surface area (Å²) in [5.41, 5.74) is 0. The van der Waals surface area contributed by atoms with Crippen LogP contribution in [0.3, 0.4) is 0 Å². The molecule has 2 fully saturated rings. The summed E-state index contributed by atoms with van der Waals surface area (Å²) in [4.78, 5) is 4.09. The van der Waals surface area contributed by atoms with Crippen molar-refractivity contribution >= 4 is 0 Å². The standard InChI is InChI=1S/C12H22N6/c1-17-15-12(14-16-17)9-18-8-3-2-6-11(18)10-5-4-7-13-10/h10-11,13H,2-9H2,1H3. The number of hydrogen-bond acceptors (Lipinski definition) is 5. The molecule has 2 saturated heterocycles. The second kappa shape index (κ2) is 5.32. The van der Waals surface area contributed by atoms with Crippen LogP contribution in [0.5, 0.6) is 0 Å². The van der Waals surface area contributed by atoms with Gasteiger partial charge in [0, 0.05) is 12.1 Å². The Hall–Kier alpha value is -1.01. The van der Waals surface area contributed by atoms with Crippen LogP contribution < -0.4 is 5.32 Å². The van der Waals surface area contributed by atoms with E-state index in [1.165, 1.54) is 45.2 Å². The van der Waals surface area contributed by atoms with Gasteiger partial charge in [0.25, 0.3) is 0 Å². The van der Waals surface area contributed by atoms with Crippen LogP contribution in [0.15, 0.2) is 0 Å². The summed E-state index contributed by atoms with van der Waals surface area (Å²) in [5, 5.41) is 16.0. The average molecular weight is 250 g/mol. The highest BCUT2D eigenvalue weighted by atomic mass is 15.6. The van der Waals surface area contributed by atoms with E-state index in [4.69, 9.17) is 0 Å². The van der Waals surface area contributed by atoms with Gasteiger partial charge in [0.1, 0.15) is 0 Å². The molecule has 0 saturated carbocycles. The highest BCUT2D eigenvalue weighted by Gasteiger charge is 2.31. The Morgan fingerprint density at radius 3 is 2.94 bits per heavy atom. The fraction of sp³-hybridized carbons (Fsp3) is 0.917. The van der Waals surface area contributed by atoms with Crippen molar-refractivity contribution in [2.75, 3.05) is 13.1 Å². The molecule has 0 aliphatic carbocycles. The monoisotopic (exact) mass is 250 g/mol. The first-order chi connectivity index (χ1) is 8.83. The van der Waals surface area contributed by atoms with E-state index in [9.17, 15) is 0 Å². The van der Waals surface area contributed by atoms with E-state index in [0.29, 0.717) is 12.1 Å². The normalized spacial score (nSPS) is 29.8. The first kappa shape index (κ1) is 12.0. The van der Waals surface area contributed by atoms with Gasteiger partial charge in [-0.1, -0.05) is 6.42 Å². The van der Waals surface area contributed by atoms with E-state index in [-0.39, 0.29) is 0 Å². The van der Waals surface area contributed by atoms with Gasteiger partial charge in [-0.3, -0.25) is 4.90 Å². The lowest BCUT2D eigenvalue weighted by Gasteiger charge is -2.38. The van der Waals surface area contributed by atoms with Crippen LogP contribution in [0.2, 0.25) is 0 Å². The second-order valence-corrected chi connectivity index (χ2v) is 5.43. The molecule has 3 rings (SSSR count). The quantitative estimate of drug-likeness (QED) is 0.837. The molecule has 3 heterocycles. The zero-order valence-corrected chi connectivity index (χ0v) is 11.0. The summed E-state index contributed by atoms with van der Waals surface area (Å²) in [6, 6.07) is 1.33. The molecule has 2 aliphatic rings. The van der Waals surface area contributed by atoms with Gasteiger partial charge in [0.15, 0.2) is 5.82 Å². The van der Waals surface area contributed by atoms with Crippen LogP contribution in [0.25, 0.3) is 0 Å². The zero-order valence-electron chi connectivity index (χ0n) is 11.0. The fourth-order valence-corrected chi connectivity index (χ4v) is 3.28. The Bertz CT molecular complexity index is 384. The number of rotatable bonds is 3. The average Bonchev–Trinajstić information content (AvgIpc) is 3.02. The SMILES string of the molecule is Cn1nnc(CN2CCCCC2C2CCCN2)n1. The van der Waals surface area contributed by atoms with Gasteiger partial charge >= 0.3 is 0 Å². The number of piperidine rings is 1. The van der Waals surface area contributed by atoms with Gasteiger partial charge in [0.05, 0.1) is 13.6 Å². The summed E-state index contributed by atoms with van der Waals surface area (Å²) >= 11 is 0. The summed E-state index contributed by atoms with van der Waals surface area (Å²) in [6.07, 6.45) is 6.59. The number of hydrogen-bond donors (Lipinski definition) is 1. The molecule has 1 aromatic heterocycles. The lowest BCUT2D eigenvalue weighted by atomic mass is 9.94. The number of likely N-dealkylation sites (tertiary alicyclic amines) is 1. The third kappa shape index (κ3) is 2.54. The van der Waals surface area contributed by atoms with E-state index in [2.05, 4.69) is 25.6 Å². The van der Waals surface area contributed by atoms with E-state index in [0.717, 1.165) is 12.4 Å². The fourth-order valence-electron chi connectivity index (χ4n) is 3.28. The Morgan fingerprint density at radius 1 is 1.28 bits per heavy atom. The van der Waals surface area contributed by atoms with Gasteiger partial charge in [-0.2, -0.15) is 4.80 Å². The number of tetrazole rings is 1. The zero-order chi connectivity index (χ0) is 12.4. The van der Waals surface area contributed by atoms with Crippen molar-refractivity contribution in [3.05, 3.63) is 5.82 Å². The second-order valence-electron chi connectivity index (χ2n) is 5.43. The van der Waals surface area contributed by atoms with Gasteiger partial charge in [-0.25, -0.2) is 0 Å². The maximum Gasteiger partial charge on any atom is 0.188 e. The van der Waals surface area contributed by atoms with Crippen molar-refractivity contribution in [3.63, 3.8) is 0 Å². The first-order valence-corrected chi connectivity index (χ1v) is 7.03.